The lowest BCUT2D eigenvalue weighted by Gasteiger charge is -2.20. The summed E-state index contributed by atoms with van der Waals surface area (Å²) in [6, 6.07) is 8.20. The highest BCUT2D eigenvalue weighted by molar-refractivity contribution is 6.17. The Balaban J connectivity index is 2.41. The average Bonchev–Trinajstić information content (AvgIpc) is 2.37. The van der Waals surface area contributed by atoms with Gasteiger partial charge in [-0.25, -0.2) is 0 Å². The fraction of sp³-hybridized carbons (Fsp3) is 0.600. The second-order valence-corrected chi connectivity index (χ2v) is 5.30. The largest absolute Gasteiger partial charge is 0.496 e. The van der Waals surface area contributed by atoms with Crippen LogP contribution in [0.15, 0.2) is 24.3 Å². The number of hydrogen-bond donors (Lipinski definition) is 0. The van der Waals surface area contributed by atoms with Gasteiger partial charge >= 0.3 is 0 Å². The predicted octanol–water partition coefficient (Wildman–Crippen LogP) is 3.78. The third kappa shape index (κ3) is 5.28. The lowest BCUT2D eigenvalue weighted by atomic mass is 10.0. The zero-order valence-electron chi connectivity index (χ0n) is 11.7. The summed E-state index contributed by atoms with van der Waals surface area (Å²) in [7, 11) is 3.88. The van der Waals surface area contributed by atoms with Crippen molar-refractivity contribution in [3.8, 4) is 5.75 Å². The normalized spacial score (nSPS) is 12.7. The summed E-state index contributed by atoms with van der Waals surface area (Å²) in [6.07, 6.45) is 2.29. The molecule has 0 aliphatic carbocycles. The van der Waals surface area contributed by atoms with E-state index in [1.165, 1.54) is 12.0 Å². The monoisotopic (exact) mass is 269 g/mol. The molecule has 0 saturated carbocycles. The van der Waals surface area contributed by atoms with Crippen molar-refractivity contribution in [3.05, 3.63) is 29.8 Å². The molecule has 1 atom stereocenters. The van der Waals surface area contributed by atoms with E-state index >= 15 is 0 Å². The molecular formula is C15H24ClNO. The molecular weight excluding hydrogens is 246 g/mol. The van der Waals surface area contributed by atoms with Crippen LogP contribution in [0.2, 0.25) is 0 Å². The van der Waals surface area contributed by atoms with Crippen molar-refractivity contribution in [2.45, 2.75) is 26.3 Å². The van der Waals surface area contributed by atoms with Gasteiger partial charge in [0.05, 0.1) is 7.11 Å². The van der Waals surface area contributed by atoms with Gasteiger partial charge in [-0.2, -0.15) is 0 Å². The second-order valence-electron chi connectivity index (χ2n) is 4.92. The molecule has 1 aromatic carbocycles. The van der Waals surface area contributed by atoms with E-state index in [2.05, 4.69) is 31.0 Å². The molecule has 0 amide bonds. The molecule has 0 aliphatic rings. The Hall–Kier alpha value is -0.730. The van der Waals surface area contributed by atoms with Crippen LogP contribution in [-0.4, -0.2) is 31.5 Å². The van der Waals surface area contributed by atoms with Crippen LogP contribution in [0.5, 0.6) is 5.75 Å². The number of alkyl halides is 1. The Bertz CT molecular complexity index is 343. The molecule has 2 nitrogen and oxygen atoms in total. The maximum Gasteiger partial charge on any atom is 0.123 e. The van der Waals surface area contributed by atoms with Gasteiger partial charge < -0.3 is 9.64 Å². The quantitative estimate of drug-likeness (QED) is 0.666. The number of methoxy groups -OCH3 is 1. The van der Waals surface area contributed by atoms with Crippen LogP contribution in [0.4, 0.5) is 0 Å². The maximum atomic E-state index is 5.75. The van der Waals surface area contributed by atoms with Crippen molar-refractivity contribution in [1.82, 2.24) is 4.90 Å². The molecule has 1 rings (SSSR count). The molecule has 18 heavy (non-hydrogen) atoms. The summed E-state index contributed by atoms with van der Waals surface area (Å²) in [5, 5.41) is 0. The van der Waals surface area contributed by atoms with Gasteiger partial charge in [-0.1, -0.05) is 25.1 Å². The lowest BCUT2D eigenvalue weighted by Crippen LogP contribution is -2.21. The molecule has 0 N–H and O–H groups in total. The number of hydrogen-bond acceptors (Lipinski definition) is 2. The molecule has 1 unspecified atom stereocenters. The van der Waals surface area contributed by atoms with Gasteiger partial charge in [-0.15, -0.1) is 11.6 Å². The maximum absolute atomic E-state index is 5.75. The first-order chi connectivity index (χ1) is 8.67. The minimum atomic E-state index is 0.697. The lowest BCUT2D eigenvalue weighted by molar-refractivity contribution is 0.291. The molecule has 0 heterocycles. The van der Waals surface area contributed by atoms with Crippen LogP contribution >= 0.6 is 11.6 Å². The summed E-state index contributed by atoms with van der Waals surface area (Å²) in [6.45, 7) is 4.28. The third-order valence-corrected chi connectivity index (χ3v) is 3.46. The van der Waals surface area contributed by atoms with Gasteiger partial charge in [0.25, 0.3) is 0 Å². The van der Waals surface area contributed by atoms with Crippen molar-refractivity contribution in [2.75, 3.05) is 26.6 Å². The van der Waals surface area contributed by atoms with Gasteiger partial charge in [-0.05, 0) is 38.4 Å². The zero-order chi connectivity index (χ0) is 13.4. The first kappa shape index (κ1) is 15.3. The molecule has 0 aromatic heterocycles. The molecule has 3 heteroatoms. The van der Waals surface area contributed by atoms with Crippen molar-refractivity contribution in [2.24, 2.45) is 5.92 Å². The van der Waals surface area contributed by atoms with Crippen molar-refractivity contribution >= 4 is 11.6 Å². The summed E-state index contributed by atoms with van der Waals surface area (Å²) in [4.78, 5) is 2.34. The van der Waals surface area contributed by atoms with Crippen LogP contribution in [0, 0.1) is 5.92 Å². The highest BCUT2D eigenvalue weighted by atomic mass is 35.5. The van der Waals surface area contributed by atoms with Crippen LogP contribution in [0.25, 0.3) is 0 Å². The Kier molecular flexibility index (Phi) is 7.14. The fourth-order valence-corrected chi connectivity index (χ4v) is 2.35. The molecule has 0 aliphatic heterocycles. The minimum Gasteiger partial charge on any atom is -0.496 e. The first-order valence-corrected chi connectivity index (χ1v) is 7.07. The van der Waals surface area contributed by atoms with E-state index < -0.39 is 0 Å². The van der Waals surface area contributed by atoms with E-state index in [4.69, 9.17) is 16.3 Å². The summed E-state index contributed by atoms with van der Waals surface area (Å²) in [5.41, 5.74) is 1.24. The van der Waals surface area contributed by atoms with Gasteiger partial charge in [0, 0.05) is 18.0 Å². The second kappa shape index (κ2) is 8.39. The summed E-state index contributed by atoms with van der Waals surface area (Å²) < 4.78 is 5.37. The fourth-order valence-electron chi connectivity index (χ4n) is 1.97. The molecule has 0 bridgehead atoms. The smallest absolute Gasteiger partial charge is 0.123 e. The molecule has 102 valence electrons. The topological polar surface area (TPSA) is 12.5 Å². The summed E-state index contributed by atoms with van der Waals surface area (Å²) >= 11 is 5.75. The van der Waals surface area contributed by atoms with Crippen molar-refractivity contribution < 1.29 is 4.74 Å². The van der Waals surface area contributed by atoms with E-state index in [-0.39, 0.29) is 0 Å². The Morgan fingerprint density at radius 3 is 2.67 bits per heavy atom. The number of rotatable bonds is 8. The van der Waals surface area contributed by atoms with Gasteiger partial charge in [0.2, 0.25) is 0 Å². The SMILES string of the molecule is COc1ccccc1CN(C)CCC(C)CCCl. The van der Waals surface area contributed by atoms with E-state index in [0.29, 0.717) is 5.92 Å². The Morgan fingerprint density at radius 1 is 1.28 bits per heavy atom. The van der Waals surface area contributed by atoms with Gasteiger partial charge in [0.15, 0.2) is 0 Å². The average molecular weight is 270 g/mol. The van der Waals surface area contributed by atoms with Crippen LogP contribution in [0.3, 0.4) is 0 Å². The zero-order valence-corrected chi connectivity index (χ0v) is 12.4. The Morgan fingerprint density at radius 2 is 2.00 bits per heavy atom. The van der Waals surface area contributed by atoms with Crippen LogP contribution in [0.1, 0.15) is 25.3 Å². The van der Waals surface area contributed by atoms with E-state index in [0.717, 1.165) is 31.1 Å². The molecule has 0 fully saturated rings. The molecule has 0 radical (unpaired) electrons. The number of benzene rings is 1. The van der Waals surface area contributed by atoms with E-state index in [1.54, 1.807) is 7.11 Å². The Labute approximate surface area is 116 Å². The number of halogens is 1. The van der Waals surface area contributed by atoms with E-state index in [1.807, 2.05) is 12.1 Å². The highest BCUT2D eigenvalue weighted by Gasteiger charge is 2.07. The van der Waals surface area contributed by atoms with Gasteiger partial charge in [0.1, 0.15) is 5.75 Å². The molecule has 0 spiro atoms. The number of para-hydroxylation sites is 1. The van der Waals surface area contributed by atoms with Crippen LogP contribution in [-0.2, 0) is 6.54 Å². The number of nitrogens with zero attached hydrogens (tertiary/aromatic N) is 1. The predicted molar refractivity (Wildman–Crippen MR) is 78.4 cm³/mol. The van der Waals surface area contributed by atoms with Crippen molar-refractivity contribution in [3.63, 3.8) is 0 Å². The summed E-state index contributed by atoms with van der Waals surface area (Å²) in [5.74, 6) is 2.43. The van der Waals surface area contributed by atoms with E-state index in [9.17, 15) is 0 Å². The first-order valence-electron chi connectivity index (χ1n) is 6.53. The van der Waals surface area contributed by atoms with Crippen molar-refractivity contribution in [1.29, 1.82) is 0 Å². The van der Waals surface area contributed by atoms with Gasteiger partial charge in [-0.3, -0.25) is 0 Å². The van der Waals surface area contributed by atoms with Crippen LogP contribution < -0.4 is 4.74 Å². The molecule has 1 aromatic rings. The molecule has 0 saturated heterocycles. The highest BCUT2D eigenvalue weighted by Crippen LogP contribution is 2.19. The minimum absolute atomic E-state index is 0.697. The third-order valence-electron chi connectivity index (χ3n) is 3.24. The standard InChI is InChI=1S/C15H24ClNO/c1-13(8-10-16)9-11-17(2)12-14-6-4-5-7-15(14)18-3/h4-7,13H,8-12H2,1-3H3. The number of ether oxygens (including phenoxy) is 1.